The number of sulfonamides is 1. The highest BCUT2D eigenvalue weighted by Gasteiger charge is 2.30. The molecular weight excluding hydrogens is 420 g/mol. The second kappa shape index (κ2) is 9.57. The molecule has 1 saturated heterocycles. The van der Waals surface area contributed by atoms with E-state index in [0.717, 1.165) is 18.4 Å². The van der Waals surface area contributed by atoms with Crippen LogP contribution in [0.4, 0.5) is 0 Å². The SMILES string of the molecule is COc1ccc(C(C)NC(=O)c2ccc(OC)c(S(=O)(=O)N3CCCC3)c2)cc1OC. The number of methoxy groups -OCH3 is 3. The highest BCUT2D eigenvalue weighted by atomic mass is 32.2. The van der Waals surface area contributed by atoms with E-state index in [1.54, 1.807) is 32.4 Å². The number of benzene rings is 2. The minimum absolute atomic E-state index is 0.00307. The third kappa shape index (κ3) is 4.77. The Kier molecular flexibility index (Phi) is 7.07. The van der Waals surface area contributed by atoms with Crippen molar-refractivity contribution in [2.45, 2.75) is 30.7 Å². The van der Waals surface area contributed by atoms with Crippen molar-refractivity contribution in [3.05, 3.63) is 47.5 Å². The fourth-order valence-electron chi connectivity index (χ4n) is 3.57. The fourth-order valence-corrected chi connectivity index (χ4v) is 5.27. The van der Waals surface area contributed by atoms with Crippen LogP contribution in [0.5, 0.6) is 17.2 Å². The van der Waals surface area contributed by atoms with Gasteiger partial charge in [0.15, 0.2) is 11.5 Å². The first-order valence-corrected chi connectivity index (χ1v) is 11.5. The molecule has 1 unspecified atom stereocenters. The summed E-state index contributed by atoms with van der Waals surface area (Å²) in [5.74, 6) is 0.987. The number of nitrogens with zero attached hydrogens (tertiary/aromatic N) is 1. The maximum absolute atomic E-state index is 13.1. The summed E-state index contributed by atoms with van der Waals surface area (Å²) in [6, 6.07) is 9.50. The van der Waals surface area contributed by atoms with Crippen LogP contribution in [0.3, 0.4) is 0 Å². The summed E-state index contributed by atoms with van der Waals surface area (Å²) >= 11 is 0. The topological polar surface area (TPSA) is 94.2 Å². The van der Waals surface area contributed by atoms with Gasteiger partial charge in [-0.3, -0.25) is 4.79 Å². The van der Waals surface area contributed by atoms with Crippen LogP contribution < -0.4 is 19.5 Å². The zero-order valence-electron chi connectivity index (χ0n) is 18.2. The summed E-state index contributed by atoms with van der Waals surface area (Å²) in [6.07, 6.45) is 1.65. The predicted octanol–water partition coefficient (Wildman–Crippen LogP) is 2.99. The number of ether oxygens (including phenoxy) is 3. The summed E-state index contributed by atoms with van der Waals surface area (Å²) in [5.41, 5.74) is 1.07. The summed E-state index contributed by atoms with van der Waals surface area (Å²) < 4.78 is 43.4. The molecule has 8 nitrogen and oxygen atoms in total. The average molecular weight is 449 g/mol. The van der Waals surface area contributed by atoms with E-state index in [1.165, 1.54) is 23.5 Å². The van der Waals surface area contributed by atoms with Crippen molar-refractivity contribution < 1.29 is 27.4 Å². The molecule has 1 aliphatic heterocycles. The zero-order chi connectivity index (χ0) is 22.6. The maximum atomic E-state index is 13.1. The van der Waals surface area contributed by atoms with Gasteiger partial charge in [0, 0.05) is 18.7 Å². The number of hydrogen-bond donors (Lipinski definition) is 1. The summed E-state index contributed by atoms with van der Waals surface area (Å²) in [6.45, 7) is 2.78. The second-order valence-electron chi connectivity index (χ2n) is 7.29. The first kappa shape index (κ1) is 22.9. The molecule has 1 heterocycles. The van der Waals surface area contributed by atoms with Crippen LogP contribution in [-0.4, -0.2) is 53.0 Å². The molecule has 0 bridgehead atoms. The van der Waals surface area contributed by atoms with Gasteiger partial charge in [-0.15, -0.1) is 0 Å². The highest BCUT2D eigenvalue weighted by molar-refractivity contribution is 7.89. The Balaban J connectivity index is 1.85. The van der Waals surface area contributed by atoms with Crippen LogP contribution in [-0.2, 0) is 10.0 Å². The van der Waals surface area contributed by atoms with Gasteiger partial charge in [0.2, 0.25) is 10.0 Å². The summed E-state index contributed by atoms with van der Waals surface area (Å²) in [4.78, 5) is 12.9. The molecule has 1 N–H and O–H groups in total. The van der Waals surface area contributed by atoms with Gasteiger partial charge in [-0.2, -0.15) is 4.31 Å². The smallest absolute Gasteiger partial charge is 0.251 e. The Labute approximate surface area is 183 Å². The average Bonchev–Trinajstić information content (AvgIpc) is 3.34. The Bertz CT molecular complexity index is 1050. The Morgan fingerprint density at radius 1 is 0.935 bits per heavy atom. The molecule has 0 radical (unpaired) electrons. The Morgan fingerprint density at radius 2 is 1.55 bits per heavy atom. The zero-order valence-corrected chi connectivity index (χ0v) is 19.0. The molecule has 0 saturated carbocycles. The van der Waals surface area contributed by atoms with Crippen LogP contribution >= 0.6 is 0 Å². The summed E-state index contributed by atoms with van der Waals surface area (Å²) in [7, 11) is 0.779. The molecule has 2 aromatic rings. The van der Waals surface area contributed by atoms with E-state index < -0.39 is 10.0 Å². The molecular formula is C22H28N2O6S. The fraction of sp³-hybridized carbons (Fsp3) is 0.409. The molecule has 0 aliphatic carbocycles. The van der Waals surface area contributed by atoms with Crippen molar-refractivity contribution in [2.24, 2.45) is 0 Å². The molecule has 0 spiro atoms. The normalized spacial score (nSPS) is 15.4. The van der Waals surface area contributed by atoms with Crippen molar-refractivity contribution in [1.82, 2.24) is 9.62 Å². The Morgan fingerprint density at radius 3 is 2.16 bits per heavy atom. The quantitative estimate of drug-likeness (QED) is 0.667. The lowest BCUT2D eigenvalue weighted by molar-refractivity contribution is 0.0939. The maximum Gasteiger partial charge on any atom is 0.251 e. The number of nitrogens with one attached hydrogen (secondary N) is 1. The molecule has 1 atom stereocenters. The largest absolute Gasteiger partial charge is 0.495 e. The van der Waals surface area contributed by atoms with E-state index in [9.17, 15) is 13.2 Å². The number of amides is 1. The lowest BCUT2D eigenvalue weighted by atomic mass is 10.1. The van der Waals surface area contributed by atoms with E-state index >= 15 is 0 Å². The predicted molar refractivity (Wildman–Crippen MR) is 116 cm³/mol. The first-order chi connectivity index (χ1) is 14.8. The number of carbonyl (C=O) groups excluding carboxylic acids is 1. The third-order valence-electron chi connectivity index (χ3n) is 5.36. The standard InChI is InChI=1S/C22H28N2O6S/c1-15(16-7-9-18(28-2)20(13-16)30-4)23-22(25)17-8-10-19(29-3)21(14-17)31(26,27)24-11-5-6-12-24/h7-10,13-15H,5-6,11-12H2,1-4H3,(H,23,25). The molecule has 9 heteroatoms. The summed E-state index contributed by atoms with van der Waals surface area (Å²) in [5, 5.41) is 2.90. The number of rotatable bonds is 8. The van der Waals surface area contributed by atoms with Crippen molar-refractivity contribution in [3.8, 4) is 17.2 Å². The van der Waals surface area contributed by atoms with Crippen LogP contribution in [0.1, 0.15) is 41.7 Å². The van der Waals surface area contributed by atoms with Crippen molar-refractivity contribution in [1.29, 1.82) is 0 Å². The van der Waals surface area contributed by atoms with E-state index in [4.69, 9.17) is 14.2 Å². The van der Waals surface area contributed by atoms with Crippen molar-refractivity contribution in [3.63, 3.8) is 0 Å². The van der Waals surface area contributed by atoms with Crippen LogP contribution in [0.25, 0.3) is 0 Å². The molecule has 2 aromatic carbocycles. The third-order valence-corrected chi connectivity index (χ3v) is 7.28. The van der Waals surface area contributed by atoms with E-state index in [2.05, 4.69) is 5.32 Å². The van der Waals surface area contributed by atoms with Gasteiger partial charge in [0.1, 0.15) is 10.6 Å². The van der Waals surface area contributed by atoms with Gasteiger partial charge in [-0.25, -0.2) is 8.42 Å². The monoisotopic (exact) mass is 448 g/mol. The van der Waals surface area contributed by atoms with Gasteiger partial charge in [0.25, 0.3) is 5.91 Å². The molecule has 1 fully saturated rings. The molecule has 3 rings (SSSR count). The first-order valence-electron chi connectivity index (χ1n) is 10.0. The van der Waals surface area contributed by atoms with E-state index in [0.29, 0.717) is 24.6 Å². The van der Waals surface area contributed by atoms with Crippen LogP contribution in [0.15, 0.2) is 41.3 Å². The number of carbonyl (C=O) groups is 1. The van der Waals surface area contributed by atoms with Crippen LogP contribution in [0, 0.1) is 0 Å². The van der Waals surface area contributed by atoms with Crippen LogP contribution in [0.2, 0.25) is 0 Å². The molecule has 168 valence electrons. The highest BCUT2D eigenvalue weighted by Crippen LogP contribution is 2.31. The van der Waals surface area contributed by atoms with Gasteiger partial charge >= 0.3 is 0 Å². The molecule has 1 amide bonds. The van der Waals surface area contributed by atoms with E-state index in [-0.39, 0.29) is 28.2 Å². The minimum Gasteiger partial charge on any atom is -0.495 e. The van der Waals surface area contributed by atoms with E-state index in [1.807, 2.05) is 13.0 Å². The minimum atomic E-state index is -3.74. The lowest BCUT2D eigenvalue weighted by Crippen LogP contribution is -2.29. The van der Waals surface area contributed by atoms with Gasteiger partial charge < -0.3 is 19.5 Å². The van der Waals surface area contributed by atoms with Gasteiger partial charge in [0.05, 0.1) is 27.4 Å². The van der Waals surface area contributed by atoms with Gasteiger partial charge in [-0.1, -0.05) is 6.07 Å². The molecule has 1 aliphatic rings. The number of hydrogen-bond acceptors (Lipinski definition) is 6. The molecule has 31 heavy (non-hydrogen) atoms. The van der Waals surface area contributed by atoms with Crippen molar-refractivity contribution in [2.75, 3.05) is 34.4 Å². The van der Waals surface area contributed by atoms with Crippen molar-refractivity contribution >= 4 is 15.9 Å². The second-order valence-corrected chi connectivity index (χ2v) is 9.19. The Hall–Kier alpha value is -2.78. The lowest BCUT2D eigenvalue weighted by Gasteiger charge is -2.19. The van der Waals surface area contributed by atoms with Gasteiger partial charge in [-0.05, 0) is 55.7 Å². The molecule has 0 aromatic heterocycles.